The molecular weight excluding hydrogens is 456 g/mol. The summed E-state index contributed by atoms with van der Waals surface area (Å²) in [6, 6.07) is 23.3. The Hall–Kier alpha value is -4.17. The standard InChI is InChI=1S/C28H32N4O4/c1-20(21-7-4-3-5-8-21)31-28(35)23-11-15-25(16-12-23)32-26(33)19-30-24-13-9-22(10-14-24)27(34)29-17-6-18-36-2/h3-5,7-16,20,30H,6,17-19H2,1-2H3,(H,29,34)(H,31,35)(H,32,33). The van der Waals surface area contributed by atoms with Crippen molar-refractivity contribution < 1.29 is 19.1 Å². The van der Waals surface area contributed by atoms with Gasteiger partial charge in [-0.3, -0.25) is 14.4 Å². The Morgan fingerprint density at radius 2 is 1.42 bits per heavy atom. The highest BCUT2D eigenvalue weighted by Crippen LogP contribution is 2.15. The third kappa shape index (κ3) is 8.25. The van der Waals surface area contributed by atoms with Crippen LogP contribution < -0.4 is 21.3 Å². The lowest BCUT2D eigenvalue weighted by Crippen LogP contribution is -2.26. The Morgan fingerprint density at radius 3 is 2.06 bits per heavy atom. The molecule has 3 rings (SSSR count). The minimum absolute atomic E-state index is 0.0549. The van der Waals surface area contributed by atoms with Gasteiger partial charge in [0.1, 0.15) is 0 Å². The van der Waals surface area contributed by atoms with E-state index in [1.807, 2.05) is 37.3 Å². The Morgan fingerprint density at radius 1 is 0.806 bits per heavy atom. The van der Waals surface area contributed by atoms with Gasteiger partial charge in [-0.1, -0.05) is 30.3 Å². The number of ether oxygens (including phenoxy) is 1. The quantitative estimate of drug-likeness (QED) is 0.288. The highest BCUT2D eigenvalue weighted by atomic mass is 16.5. The molecule has 0 aliphatic heterocycles. The van der Waals surface area contributed by atoms with Crippen molar-refractivity contribution in [2.45, 2.75) is 19.4 Å². The molecule has 3 aromatic carbocycles. The van der Waals surface area contributed by atoms with Gasteiger partial charge in [0.05, 0.1) is 12.6 Å². The smallest absolute Gasteiger partial charge is 0.251 e. The van der Waals surface area contributed by atoms with Crippen LogP contribution in [-0.2, 0) is 9.53 Å². The van der Waals surface area contributed by atoms with Crippen molar-refractivity contribution in [1.29, 1.82) is 0 Å². The van der Waals surface area contributed by atoms with Gasteiger partial charge >= 0.3 is 0 Å². The summed E-state index contributed by atoms with van der Waals surface area (Å²) in [4.78, 5) is 37.0. The van der Waals surface area contributed by atoms with Crippen LogP contribution in [0.1, 0.15) is 45.7 Å². The van der Waals surface area contributed by atoms with E-state index in [2.05, 4.69) is 21.3 Å². The number of rotatable bonds is 12. The normalized spacial score (nSPS) is 11.3. The van der Waals surface area contributed by atoms with E-state index in [1.54, 1.807) is 55.6 Å². The van der Waals surface area contributed by atoms with Crippen LogP contribution in [0.5, 0.6) is 0 Å². The number of nitrogens with one attached hydrogen (secondary N) is 4. The lowest BCUT2D eigenvalue weighted by Gasteiger charge is -2.14. The second-order valence-electron chi connectivity index (χ2n) is 8.26. The van der Waals surface area contributed by atoms with Gasteiger partial charge in [0.15, 0.2) is 0 Å². The molecular formula is C28H32N4O4. The molecule has 36 heavy (non-hydrogen) atoms. The average molecular weight is 489 g/mol. The number of carbonyl (C=O) groups excluding carboxylic acids is 3. The zero-order valence-electron chi connectivity index (χ0n) is 20.5. The number of anilines is 2. The molecule has 0 aliphatic rings. The van der Waals surface area contributed by atoms with Gasteiger partial charge in [-0.05, 0) is 67.4 Å². The zero-order chi connectivity index (χ0) is 25.8. The molecule has 0 heterocycles. The summed E-state index contributed by atoms with van der Waals surface area (Å²) < 4.78 is 4.96. The maximum absolute atomic E-state index is 12.5. The molecule has 0 spiro atoms. The summed E-state index contributed by atoms with van der Waals surface area (Å²) in [6.07, 6.45) is 0.750. The van der Waals surface area contributed by atoms with Crippen molar-refractivity contribution in [3.8, 4) is 0 Å². The molecule has 0 fully saturated rings. The Kier molecular flexibility index (Phi) is 10.0. The number of hydrogen-bond donors (Lipinski definition) is 4. The van der Waals surface area contributed by atoms with Crippen LogP contribution in [0.4, 0.5) is 11.4 Å². The third-order valence-corrected chi connectivity index (χ3v) is 5.49. The van der Waals surface area contributed by atoms with Gasteiger partial charge in [0.2, 0.25) is 5.91 Å². The molecule has 4 N–H and O–H groups in total. The predicted molar refractivity (Wildman–Crippen MR) is 141 cm³/mol. The summed E-state index contributed by atoms with van der Waals surface area (Å²) in [6.45, 7) is 3.13. The van der Waals surface area contributed by atoms with Gasteiger partial charge in [-0.2, -0.15) is 0 Å². The largest absolute Gasteiger partial charge is 0.385 e. The Bertz CT molecular complexity index is 1130. The molecule has 0 saturated carbocycles. The SMILES string of the molecule is COCCCNC(=O)c1ccc(NCC(=O)Nc2ccc(C(=O)NC(C)c3ccccc3)cc2)cc1. The van der Waals surface area contributed by atoms with Crippen molar-refractivity contribution in [3.05, 3.63) is 95.6 Å². The highest BCUT2D eigenvalue weighted by molar-refractivity contribution is 5.97. The monoisotopic (exact) mass is 488 g/mol. The van der Waals surface area contributed by atoms with E-state index in [0.29, 0.717) is 30.0 Å². The molecule has 3 aromatic rings. The van der Waals surface area contributed by atoms with E-state index in [1.165, 1.54) is 0 Å². The van der Waals surface area contributed by atoms with Crippen molar-refractivity contribution in [1.82, 2.24) is 10.6 Å². The molecule has 1 atom stereocenters. The first-order chi connectivity index (χ1) is 17.5. The summed E-state index contributed by atoms with van der Waals surface area (Å²) in [5, 5.41) is 11.6. The van der Waals surface area contributed by atoms with E-state index in [4.69, 9.17) is 4.74 Å². The number of amides is 3. The third-order valence-electron chi connectivity index (χ3n) is 5.49. The molecule has 3 amide bonds. The topological polar surface area (TPSA) is 109 Å². The number of benzene rings is 3. The first kappa shape index (κ1) is 26.4. The predicted octanol–water partition coefficient (Wildman–Crippen LogP) is 3.99. The van der Waals surface area contributed by atoms with Gasteiger partial charge in [0.25, 0.3) is 11.8 Å². The van der Waals surface area contributed by atoms with E-state index >= 15 is 0 Å². The second-order valence-corrected chi connectivity index (χ2v) is 8.26. The summed E-state index contributed by atoms with van der Waals surface area (Å²) in [7, 11) is 1.62. The molecule has 1 unspecified atom stereocenters. The van der Waals surface area contributed by atoms with Crippen LogP contribution in [0.15, 0.2) is 78.9 Å². The summed E-state index contributed by atoms with van der Waals surface area (Å²) in [5.74, 6) is -0.565. The number of hydrogen-bond acceptors (Lipinski definition) is 5. The highest BCUT2D eigenvalue weighted by Gasteiger charge is 2.12. The van der Waals surface area contributed by atoms with Crippen molar-refractivity contribution in [3.63, 3.8) is 0 Å². The molecule has 8 heteroatoms. The first-order valence-corrected chi connectivity index (χ1v) is 11.8. The molecule has 188 valence electrons. The fourth-order valence-electron chi connectivity index (χ4n) is 3.46. The van der Waals surface area contributed by atoms with E-state index in [0.717, 1.165) is 17.7 Å². The second kappa shape index (κ2) is 13.7. The fraction of sp³-hybridized carbons (Fsp3) is 0.250. The maximum Gasteiger partial charge on any atom is 0.251 e. The van der Waals surface area contributed by atoms with Crippen LogP contribution >= 0.6 is 0 Å². The van der Waals surface area contributed by atoms with Crippen LogP contribution in [0.2, 0.25) is 0 Å². The molecule has 0 aliphatic carbocycles. The van der Waals surface area contributed by atoms with Crippen molar-refractivity contribution in [2.24, 2.45) is 0 Å². The molecule has 0 bridgehead atoms. The average Bonchev–Trinajstić information content (AvgIpc) is 2.91. The van der Waals surface area contributed by atoms with Gasteiger partial charge in [-0.25, -0.2) is 0 Å². The van der Waals surface area contributed by atoms with Crippen LogP contribution in [0.25, 0.3) is 0 Å². The van der Waals surface area contributed by atoms with Crippen molar-refractivity contribution in [2.75, 3.05) is 37.4 Å². The lowest BCUT2D eigenvalue weighted by atomic mass is 10.1. The Labute approximate surface area is 211 Å². The van der Waals surface area contributed by atoms with Gasteiger partial charge in [0, 0.05) is 42.8 Å². The molecule has 0 saturated heterocycles. The minimum Gasteiger partial charge on any atom is -0.385 e. The minimum atomic E-state index is -0.232. The van der Waals surface area contributed by atoms with Crippen LogP contribution in [0.3, 0.4) is 0 Å². The lowest BCUT2D eigenvalue weighted by molar-refractivity contribution is -0.114. The molecule has 0 aromatic heterocycles. The number of carbonyl (C=O) groups is 3. The molecule has 8 nitrogen and oxygen atoms in total. The van der Waals surface area contributed by atoms with Gasteiger partial charge in [-0.15, -0.1) is 0 Å². The van der Waals surface area contributed by atoms with Crippen LogP contribution in [-0.4, -0.2) is 44.5 Å². The summed E-state index contributed by atoms with van der Waals surface area (Å²) in [5.41, 5.74) is 3.40. The zero-order valence-corrected chi connectivity index (χ0v) is 20.5. The molecule has 0 radical (unpaired) electrons. The van der Waals surface area contributed by atoms with Crippen LogP contribution in [0, 0.1) is 0 Å². The van der Waals surface area contributed by atoms with E-state index in [-0.39, 0.29) is 30.3 Å². The summed E-state index contributed by atoms with van der Waals surface area (Å²) >= 11 is 0. The van der Waals surface area contributed by atoms with Gasteiger partial charge < -0.3 is 26.0 Å². The van der Waals surface area contributed by atoms with E-state index in [9.17, 15) is 14.4 Å². The Balaban J connectivity index is 1.43. The number of methoxy groups -OCH3 is 1. The van der Waals surface area contributed by atoms with Crippen molar-refractivity contribution >= 4 is 29.1 Å². The first-order valence-electron chi connectivity index (χ1n) is 11.8. The van der Waals surface area contributed by atoms with E-state index < -0.39 is 0 Å². The maximum atomic E-state index is 12.5. The fourth-order valence-corrected chi connectivity index (χ4v) is 3.46.